The van der Waals surface area contributed by atoms with Gasteiger partial charge in [-0.2, -0.15) is 0 Å². The summed E-state index contributed by atoms with van der Waals surface area (Å²) in [6.07, 6.45) is 0. The SMILES string of the molecule is CC(CN(C)c1ccc(N)cc1)C(N)=O. The van der Waals surface area contributed by atoms with Gasteiger partial charge in [0.25, 0.3) is 0 Å². The highest BCUT2D eigenvalue weighted by molar-refractivity contribution is 5.77. The van der Waals surface area contributed by atoms with E-state index in [1.807, 2.05) is 43.1 Å². The van der Waals surface area contributed by atoms with Gasteiger partial charge in [-0.15, -0.1) is 0 Å². The van der Waals surface area contributed by atoms with Gasteiger partial charge >= 0.3 is 0 Å². The average Bonchev–Trinajstić information content (AvgIpc) is 2.18. The van der Waals surface area contributed by atoms with Crippen LogP contribution in [0.1, 0.15) is 6.92 Å². The summed E-state index contributed by atoms with van der Waals surface area (Å²) >= 11 is 0. The fraction of sp³-hybridized carbons (Fsp3) is 0.364. The van der Waals surface area contributed by atoms with Crippen molar-refractivity contribution in [1.29, 1.82) is 0 Å². The molecular weight excluding hydrogens is 190 g/mol. The van der Waals surface area contributed by atoms with Gasteiger partial charge in [0.1, 0.15) is 0 Å². The maximum atomic E-state index is 10.9. The van der Waals surface area contributed by atoms with Crippen molar-refractivity contribution in [2.45, 2.75) is 6.92 Å². The molecule has 1 atom stereocenters. The normalized spacial score (nSPS) is 12.1. The standard InChI is InChI=1S/C11H17N3O/c1-8(11(13)15)7-14(2)10-5-3-9(12)4-6-10/h3-6,8H,7,12H2,1-2H3,(H2,13,15). The van der Waals surface area contributed by atoms with Crippen LogP contribution in [0.4, 0.5) is 11.4 Å². The number of hydrogen-bond donors (Lipinski definition) is 2. The van der Waals surface area contributed by atoms with E-state index in [-0.39, 0.29) is 11.8 Å². The monoisotopic (exact) mass is 207 g/mol. The molecule has 1 amide bonds. The van der Waals surface area contributed by atoms with E-state index in [0.717, 1.165) is 11.4 Å². The number of amides is 1. The van der Waals surface area contributed by atoms with Crippen LogP contribution in [0.25, 0.3) is 0 Å². The lowest BCUT2D eigenvalue weighted by Crippen LogP contribution is -2.32. The molecular formula is C11H17N3O. The predicted octanol–water partition coefficient (Wildman–Crippen LogP) is 0.826. The van der Waals surface area contributed by atoms with E-state index in [1.54, 1.807) is 0 Å². The Hall–Kier alpha value is -1.71. The van der Waals surface area contributed by atoms with Crippen LogP contribution in [-0.4, -0.2) is 19.5 Å². The summed E-state index contributed by atoms with van der Waals surface area (Å²) < 4.78 is 0. The second-order valence-electron chi connectivity index (χ2n) is 3.78. The third-order valence-electron chi connectivity index (χ3n) is 2.37. The van der Waals surface area contributed by atoms with Crippen LogP contribution in [0.3, 0.4) is 0 Å². The third-order valence-corrected chi connectivity index (χ3v) is 2.37. The van der Waals surface area contributed by atoms with E-state index in [0.29, 0.717) is 6.54 Å². The fourth-order valence-corrected chi connectivity index (χ4v) is 1.33. The molecule has 1 aromatic carbocycles. The molecule has 0 spiro atoms. The molecule has 0 saturated heterocycles. The number of nitrogens with two attached hydrogens (primary N) is 2. The summed E-state index contributed by atoms with van der Waals surface area (Å²) in [6.45, 7) is 2.43. The number of rotatable bonds is 4. The van der Waals surface area contributed by atoms with Crippen molar-refractivity contribution < 1.29 is 4.79 Å². The molecule has 0 aliphatic carbocycles. The first-order valence-electron chi connectivity index (χ1n) is 4.86. The fourth-order valence-electron chi connectivity index (χ4n) is 1.33. The Morgan fingerprint density at radius 1 is 1.40 bits per heavy atom. The van der Waals surface area contributed by atoms with Crippen LogP contribution >= 0.6 is 0 Å². The predicted molar refractivity (Wildman–Crippen MR) is 62.5 cm³/mol. The molecule has 0 fully saturated rings. The van der Waals surface area contributed by atoms with Crippen molar-refractivity contribution in [3.05, 3.63) is 24.3 Å². The zero-order chi connectivity index (χ0) is 11.4. The molecule has 0 aromatic heterocycles. The molecule has 15 heavy (non-hydrogen) atoms. The minimum atomic E-state index is -0.280. The second kappa shape index (κ2) is 4.68. The molecule has 0 aliphatic rings. The highest BCUT2D eigenvalue weighted by atomic mass is 16.1. The van der Waals surface area contributed by atoms with Crippen LogP contribution in [-0.2, 0) is 4.79 Å². The van der Waals surface area contributed by atoms with Crippen molar-refractivity contribution in [2.75, 3.05) is 24.2 Å². The molecule has 0 radical (unpaired) electrons. The van der Waals surface area contributed by atoms with E-state index >= 15 is 0 Å². The highest BCUT2D eigenvalue weighted by Crippen LogP contribution is 2.15. The van der Waals surface area contributed by atoms with Gasteiger partial charge in [0.05, 0.1) is 5.92 Å². The molecule has 4 heteroatoms. The first-order chi connectivity index (χ1) is 7.00. The summed E-state index contributed by atoms with van der Waals surface area (Å²) in [5, 5.41) is 0. The molecule has 1 rings (SSSR count). The number of anilines is 2. The van der Waals surface area contributed by atoms with Gasteiger partial charge in [0.2, 0.25) is 5.91 Å². The number of benzene rings is 1. The molecule has 1 aromatic rings. The first kappa shape index (κ1) is 11.4. The van der Waals surface area contributed by atoms with Crippen LogP contribution in [0.5, 0.6) is 0 Å². The van der Waals surface area contributed by atoms with Crippen LogP contribution in [0, 0.1) is 5.92 Å². The van der Waals surface area contributed by atoms with Crippen LogP contribution in [0.2, 0.25) is 0 Å². The average molecular weight is 207 g/mol. The lowest BCUT2D eigenvalue weighted by atomic mass is 10.1. The molecule has 0 bridgehead atoms. The number of hydrogen-bond acceptors (Lipinski definition) is 3. The number of carbonyl (C=O) groups excluding carboxylic acids is 1. The van der Waals surface area contributed by atoms with Crippen molar-refractivity contribution in [3.8, 4) is 0 Å². The zero-order valence-corrected chi connectivity index (χ0v) is 9.10. The zero-order valence-electron chi connectivity index (χ0n) is 9.10. The van der Waals surface area contributed by atoms with Gasteiger partial charge in [-0.1, -0.05) is 6.92 Å². The molecule has 1 unspecified atom stereocenters. The summed E-state index contributed by atoms with van der Waals surface area (Å²) in [7, 11) is 1.92. The Labute approximate surface area is 89.9 Å². The quantitative estimate of drug-likeness (QED) is 0.718. The lowest BCUT2D eigenvalue weighted by Gasteiger charge is -2.21. The van der Waals surface area contributed by atoms with E-state index < -0.39 is 0 Å². The molecule has 0 saturated carbocycles. The van der Waals surface area contributed by atoms with Crippen molar-refractivity contribution >= 4 is 17.3 Å². The summed E-state index contributed by atoms with van der Waals surface area (Å²) in [5.74, 6) is -0.440. The molecule has 4 nitrogen and oxygen atoms in total. The Bertz CT molecular complexity index is 334. The Morgan fingerprint density at radius 3 is 2.40 bits per heavy atom. The Kier molecular flexibility index (Phi) is 3.55. The van der Waals surface area contributed by atoms with Gasteiger partial charge in [-0.25, -0.2) is 0 Å². The smallest absolute Gasteiger partial charge is 0.222 e. The molecule has 82 valence electrons. The van der Waals surface area contributed by atoms with Gasteiger partial charge in [0.15, 0.2) is 0 Å². The molecule has 4 N–H and O–H groups in total. The van der Waals surface area contributed by atoms with Crippen molar-refractivity contribution in [1.82, 2.24) is 0 Å². The summed E-state index contributed by atoms with van der Waals surface area (Å²) in [4.78, 5) is 12.9. The van der Waals surface area contributed by atoms with E-state index in [9.17, 15) is 4.79 Å². The topological polar surface area (TPSA) is 72.3 Å². The number of primary amides is 1. The van der Waals surface area contributed by atoms with Crippen LogP contribution < -0.4 is 16.4 Å². The molecule has 0 heterocycles. The van der Waals surface area contributed by atoms with Crippen LogP contribution in [0.15, 0.2) is 24.3 Å². The maximum absolute atomic E-state index is 10.9. The van der Waals surface area contributed by atoms with Gasteiger partial charge in [0, 0.05) is 25.0 Å². The minimum absolute atomic E-state index is 0.160. The van der Waals surface area contributed by atoms with Crippen molar-refractivity contribution in [3.63, 3.8) is 0 Å². The maximum Gasteiger partial charge on any atom is 0.222 e. The lowest BCUT2D eigenvalue weighted by molar-refractivity contribution is -0.121. The van der Waals surface area contributed by atoms with E-state index in [4.69, 9.17) is 11.5 Å². The van der Waals surface area contributed by atoms with Gasteiger partial charge in [-0.3, -0.25) is 4.79 Å². The summed E-state index contributed by atoms with van der Waals surface area (Å²) in [5.41, 5.74) is 12.5. The summed E-state index contributed by atoms with van der Waals surface area (Å²) in [6, 6.07) is 7.51. The van der Waals surface area contributed by atoms with Gasteiger partial charge < -0.3 is 16.4 Å². The largest absolute Gasteiger partial charge is 0.399 e. The number of nitrogens with zero attached hydrogens (tertiary/aromatic N) is 1. The van der Waals surface area contributed by atoms with E-state index in [1.165, 1.54) is 0 Å². The highest BCUT2D eigenvalue weighted by Gasteiger charge is 2.11. The van der Waals surface area contributed by atoms with E-state index in [2.05, 4.69) is 0 Å². The Morgan fingerprint density at radius 2 is 1.93 bits per heavy atom. The number of nitrogen functional groups attached to an aromatic ring is 1. The minimum Gasteiger partial charge on any atom is -0.399 e. The second-order valence-corrected chi connectivity index (χ2v) is 3.78. The number of carbonyl (C=O) groups is 1. The van der Waals surface area contributed by atoms with Crippen molar-refractivity contribution in [2.24, 2.45) is 11.7 Å². The Balaban J connectivity index is 2.64. The first-order valence-corrected chi connectivity index (χ1v) is 4.86. The third kappa shape index (κ3) is 3.16. The molecule has 0 aliphatic heterocycles. The van der Waals surface area contributed by atoms with Gasteiger partial charge in [-0.05, 0) is 24.3 Å².